The number of hydrogen-bond donors (Lipinski definition) is 2. The third-order valence-electron chi connectivity index (χ3n) is 6.47. The van der Waals surface area contributed by atoms with Gasteiger partial charge >= 0.3 is 0 Å². The normalized spacial score (nSPS) is 14.9. The molecular weight excluding hydrogens is 420 g/mol. The van der Waals surface area contributed by atoms with Crippen molar-refractivity contribution in [3.8, 4) is 11.5 Å². The van der Waals surface area contributed by atoms with Gasteiger partial charge in [-0.05, 0) is 44.4 Å². The molecule has 4 aromatic rings. The summed E-state index contributed by atoms with van der Waals surface area (Å²) >= 11 is 0. The number of aromatic amines is 1. The number of nitrogens with zero attached hydrogens (tertiary/aromatic N) is 4. The lowest BCUT2D eigenvalue weighted by Gasteiger charge is -2.32. The molecule has 9 nitrogen and oxygen atoms in total. The summed E-state index contributed by atoms with van der Waals surface area (Å²) in [6.45, 7) is 8.86. The number of carbonyl (C=O) groups excluding carboxylic acids is 1. The molecule has 0 aliphatic carbocycles. The number of aryl methyl sites for hydroxylation is 2. The number of anilines is 1. The standard InChI is InChI=1S/C24H26N6O3/c1-4-15-16-12-13(3)6-7-17(16)33-22(15)21-19-20(24(32)27-26-23(19)25)28-30(21)14-8-10-29(11-9-14)18(31)5-2/h5-7,12,14H,2,4,8-11H2,1,3H3,(H2,25,26)(H,27,32). The fraction of sp³-hybridized carbons (Fsp3) is 0.333. The van der Waals surface area contributed by atoms with Crippen molar-refractivity contribution in [2.24, 2.45) is 0 Å². The molecule has 0 bridgehead atoms. The minimum absolute atomic E-state index is 0.0280. The maximum absolute atomic E-state index is 12.6. The molecule has 1 aromatic carbocycles. The lowest BCUT2D eigenvalue weighted by atomic mass is 10.0. The van der Waals surface area contributed by atoms with Gasteiger partial charge in [0.2, 0.25) is 5.91 Å². The average Bonchev–Trinajstić information content (AvgIpc) is 3.40. The van der Waals surface area contributed by atoms with E-state index >= 15 is 0 Å². The van der Waals surface area contributed by atoms with Crippen molar-refractivity contribution in [2.75, 3.05) is 18.8 Å². The summed E-state index contributed by atoms with van der Waals surface area (Å²) in [5.74, 6) is 0.776. The Morgan fingerprint density at radius 1 is 1.36 bits per heavy atom. The molecule has 1 aliphatic heterocycles. The lowest BCUT2D eigenvalue weighted by Crippen LogP contribution is -2.38. The van der Waals surface area contributed by atoms with Crippen LogP contribution in [0.5, 0.6) is 0 Å². The number of nitrogens with one attached hydrogen (secondary N) is 1. The van der Waals surface area contributed by atoms with Crippen LogP contribution in [-0.4, -0.2) is 43.9 Å². The number of carbonyl (C=O) groups is 1. The summed E-state index contributed by atoms with van der Waals surface area (Å²) < 4.78 is 8.22. The van der Waals surface area contributed by atoms with E-state index in [9.17, 15) is 9.59 Å². The number of benzene rings is 1. The van der Waals surface area contributed by atoms with Crippen molar-refractivity contribution in [2.45, 2.75) is 39.2 Å². The van der Waals surface area contributed by atoms with Crippen LogP contribution in [0.4, 0.5) is 5.82 Å². The zero-order valence-electron chi connectivity index (χ0n) is 18.7. The molecule has 5 rings (SSSR count). The first kappa shape index (κ1) is 21.0. The van der Waals surface area contributed by atoms with Crippen LogP contribution in [-0.2, 0) is 11.2 Å². The Morgan fingerprint density at radius 2 is 2.12 bits per heavy atom. The van der Waals surface area contributed by atoms with Gasteiger partial charge < -0.3 is 15.1 Å². The van der Waals surface area contributed by atoms with Crippen molar-refractivity contribution in [3.63, 3.8) is 0 Å². The van der Waals surface area contributed by atoms with Crippen molar-refractivity contribution >= 4 is 33.6 Å². The number of piperidine rings is 1. The van der Waals surface area contributed by atoms with E-state index in [4.69, 9.17) is 15.2 Å². The molecule has 0 saturated carbocycles. The summed E-state index contributed by atoms with van der Waals surface area (Å²) in [6.07, 6.45) is 3.45. The van der Waals surface area contributed by atoms with E-state index in [-0.39, 0.29) is 23.3 Å². The number of aromatic nitrogens is 4. The molecule has 0 spiro atoms. The van der Waals surface area contributed by atoms with Crippen molar-refractivity contribution in [1.82, 2.24) is 24.9 Å². The van der Waals surface area contributed by atoms with Crippen LogP contribution >= 0.6 is 0 Å². The Balaban J connectivity index is 1.73. The van der Waals surface area contributed by atoms with Gasteiger partial charge in [-0.3, -0.25) is 14.3 Å². The predicted molar refractivity (Wildman–Crippen MR) is 127 cm³/mol. The van der Waals surface area contributed by atoms with Gasteiger partial charge in [-0.25, -0.2) is 5.10 Å². The molecule has 170 valence electrons. The largest absolute Gasteiger partial charge is 0.454 e. The van der Waals surface area contributed by atoms with E-state index in [0.717, 1.165) is 28.5 Å². The molecule has 4 heterocycles. The molecular formula is C24H26N6O3. The Bertz CT molecular complexity index is 1450. The summed E-state index contributed by atoms with van der Waals surface area (Å²) in [7, 11) is 0. The van der Waals surface area contributed by atoms with E-state index in [0.29, 0.717) is 42.8 Å². The van der Waals surface area contributed by atoms with E-state index in [1.54, 1.807) is 4.90 Å². The first-order valence-corrected chi connectivity index (χ1v) is 11.1. The van der Waals surface area contributed by atoms with E-state index < -0.39 is 5.56 Å². The smallest absolute Gasteiger partial charge is 0.292 e. The highest BCUT2D eigenvalue weighted by atomic mass is 16.3. The molecule has 0 unspecified atom stereocenters. The minimum Gasteiger partial charge on any atom is -0.454 e. The van der Waals surface area contributed by atoms with Crippen LogP contribution in [0.2, 0.25) is 0 Å². The molecule has 1 saturated heterocycles. The molecule has 0 atom stereocenters. The van der Waals surface area contributed by atoms with Crippen LogP contribution in [0.15, 0.2) is 40.1 Å². The van der Waals surface area contributed by atoms with Crippen LogP contribution in [0.3, 0.4) is 0 Å². The number of nitrogen functional groups attached to an aromatic ring is 1. The number of rotatable bonds is 4. The van der Waals surface area contributed by atoms with Gasteiger partial charge in [-0.1, -0.05) is 25.1 Å². The highest BCUT2D eigenvalue weighted by molar-refractivity contribution is 6.01. The number of nitrogens with two attached hydrogens (primary N) is 1. The van der Waals surface area contributed by atoms with Gasteiger partial charge in [0, 0.05) is 24.0 Å². The third-order valence-corrected chi connectivity index (χ3v) is 6.47. The number of hydrogen-bond acceptors (Lipinski definition) is 6. The van der Waals surface area contributed by atoms with E-state index in [2.05, 4.69) is 29.8 Å². The Labute approximate surface area is 189 Å². The highest BCUT2D eigenvalue weighted by Gasteiger charge is 2.31. The summed E-state index contributed by atoms with van der Waals surface area (Å²) in [6, 6.07) is 6.05. The molecule has 3 N–H and O–H groups in total. The van der Waals surface area contributed by atoms with E-state index in [1.807, 2.05) is 23.7 Å². The highest BCUT2D eigenvalue weighted by Crippen LogP contribution is 2.41. The second-order valence-corrected chi connectivity index (χ2v) is 8.48. The number of amides is 1. The number of furan rings is 1. The summed E-state index contributed by atoms with van der Waals surface area (Å²) in [5.41, 5.74) is 9.71. The molecule has 1 aliphatic rings. The summed E-state index contributed by atoms with van der Waals surface area (Å²) in [5, 5.41) is 12.7. The molecule has 0 radical (unpaired) electrons. The molecule has 9 heteroatoms. The predicted octanol–water partition coefficient (Wildman–Crippen LogP) is 3.34. The topological polar surface area (TPSA) is 123 Å². The quantitative estimate of drug-likeness (QED) is 0.464. The second kappa shape index (κ2) is 7.91. The van der Waals surface area contributed by atoms with Gasteiger partial charge in [-0.15, -0.1) is 0 Å². The average molecular weight is 447 g/mol. The first-order chi connectivity index (χ1) is 15.9. The maximum Gasteiger partial charge on any atom is 0.292 e. The van der Waals surface area contributed by atoms with Crippen LogP contribution < -0.4 is 11.3 Å². The molecule has 1 fully saturated rings. The van der Waals surface area contributed by atoms with Gasteiger partial charge in [0.15, 0.2) is 17.1 Å². The monoisotopic (exact) mass is 446 g/mol. The summed E-state index contributed by atoms with van der Waals surface area (Å²) in [4.78, 5) is 26.4. The fourth-order valence-corrected chi connectivity index (χ4v) is 4.80. The van der Waals surface area contributed by atoms with Gasteiger partial charge in [0.05, 0.1) is 11.4 Å². The van der Waals surface area contributed by atoms with E-state index in [1.165, 1.54) is 6.08 Å². The number of fused-ring (bicyclic) bond motifs is 2. The molecule has 33 heavy (non-hydrogen) atoms. The van der Waals surface area contributed by atoms with Crippen molar-refractivity contribution in [1.29, 1.82) is 0 Å². The molecule has 3 aromatic heterocycles. The Hall–Kier alpha value is -3.88. The van der Waals surface area contributed by atoms with Crippen LogP contribution in [0.1, 0.15) is 36.9 Å². The number of likely N-dealkylation sites (tertiary alicyclic amines) is 1. The molecule has 1 amide bonds. The minimum atomic E-state index is -0.400. The number of H-pyrrole nitrogens is 1. The van der Waals surface area contributed by atoms with Crippen molar-refractivity contribution < 1.29 is 9.21 Å². The SMILES string of the molecule is C=CC(=O)N1CCC(n2nc3c(=O)[nH]nc(N)c3c2-c2oc3ccc(C)cc3c2CC)CC1. The van der Waals surface area contributed by atoms with Crippen LogP contribution in [0.25, 0.3) is 33.3 Å². The zero-order chi connectivity index (χ0) is 23.3. The Kier molecular flexibility index (Phi) is 5.03. The van der Waals surface area contributed by atoms with Gasteiger partial charge in [0.1, 0.15) is 11.3 Å². The maximum atomic E-state index is 12.6. The zero-order valence-corrected chi connectivity index (χ0v) is 18.7. The lowest BCUT2D eigenvalue weighted by molar-refractivity contribution is -0.127. The Morgan fingerprint density at radius 3 is 2.82 bits per heavy atom. The van der Waals surface area contributed by atoms with Crippen molar-refractivity contribution in [3.05, 3.63) is 52.3 Å². The van der Waals surface area contributed by atoms with Crippen LogP contribution in [0, 0.1) is 6.92 Å². The second-order valence-electron chi connectivity index (χ2n) is 8.48. The van der Waals surface area contributed by atoms with Gasteiger partial charge in [-0.2, -0.15) is 10.2 Å². The third kappa shape index (κ3) is 3.31. The fourth-order valence-electron chi connectivity index (χ4n) is 4.80. The van der Waals surface area contributed by atoms with Gasteiger partial charge in [0.25, 0.3) is 5.56 Å². The first-order valence-electron chi connectivity index (χ1n) is 11.1.